The van der Waals surface area contributed by atoms with Gasteiger partial charge in [-0.1, -0.05) is 34.1 Å². The summed E-state index contributed by atoms with van der Waals surface area (Å²) in [6.07, 6.45) is 1.89. The van der Waals surface area contributed by atoms with E-state index in [1.807, 2.05) is 31.2 Å². The molecule has 0 atom stereocenters. The van der Waals surface area contributed by atoms with Crippen molar-refractivity contribution < 1.29 is 4.79 Å². The first-order chi connectivity index (χ1) is 9.61. The number of benzene rings is 1. The molecule has 104 valence electrons. The van der Waals surface area contributed by atoms with Gasteiger partial charge >= 0.3 is 0 Å². The van der Waals surface area contributed by atoms with E-state index in [0.29, 0.717) is 24.5 Å². The van der Waals surface area contributed by atoms with E-state index in [4.69, 9.17) is 5.73 Å². The van der Waals surface area contributed by atoms with Crippen molar-refractivity contribution in [2.24, 2.45) is 0 Å². The van der Waals surface area contributed by atoms with Crippen molar-refractivity contribution in [3.8, 4) is 0 Å². The van der Waals surface area contributed by atoms with Crippen LogP contribution in [0.15, 0.2) is 47.1 Å². The fourth-order valence-corrected chi connectivity index (χ4v) is 2.35. The third-order valence-corrected chi connectivity index (χ3v) is 3.74. The quantitative estimate of drug-likeness (QED) is 0.935. The van der Waals surface area contributed by atoms with Crippen LogP contribution in [-0.4, -0.2) is 17.4 Å². The number of hydrogen-bond donors (Lipinski definition) is 1. The second-order valence-corrected chi connectivity index (χ2v) is 5.21. The predicted octanol–water partition coefficient (Wildman–Crippen LogP) is 3.02. The third-order valence-electron chi connectivity index (χ3n) is 2.96. The molecule has 0 aliphatic carbocycles. The second kappa shape index (κ2) is 6.52. The molecule has 0 radical (unpaired) electrons. The summed E-state index contributed by atoms with van der Waals surface area (Å²) in [5.74, 6) is 0.635. The van der Waals surface area contributed by atoms with Crippen molar-refractivity contribution in [3.63, 3.8) is 0 Å². The molecular weight excluding hydrogens is 318 g/mol. The van der Waals surface area contributed by atoms with Crippen molar-refractivity contribution >= 4 is 33.3 Å². The average molecular weight is 334 g/mol. The Hall–Kier alpha value is -1.88. The molecule has 4 nitrogen and oxygen atoms in total. The maximum Gasteiger partial charge on any atom is 0.232 e. The lowest BCUT2D eigenvalue weighted by molar-refractivity contribution is -0.118. The van der Waals surface area contributed by atoms with Gasteiger partial charge in [0.2, 0.25) is 5.91 Å². The lowest BCUT2D eigenvalue weighted by atomic mass is 10.1. The molecule has 2 N–H and O–H groups in total. The number of likely N-dealkylation sites (N-methyl/N-ethyl adjacent to an activating group) is 1. The zero-order chi connectivity index (χ0) is 14.5. The molecule has 0 spiro atoms. The summed E-state index contributed by atoms with van der Waals surface area (Å²) in [5.41, 5.74) is 7.17. The molecule has 20 heavy (non-hydrogen) atoms. The highest BCUT2D eigenvalue weighted by atomic mass is 79.9. The average Bonchev–Trinajstić information content (AvgIpc) is 2.44. The molecule has 1 aromatic carbocycles. The first-order valence-corrected chi connectivity index (χ1v) is 7.16. The van der Waals surface area contributed by atoms with Gasteiger partial charge in [0, 0.05) is 11.0 Å². The third kappa shape index (κ3) is 3.36. The Labute approximate surface area is 126 Å². The Morgan fingerprint density at radius 1 is 1.30 bits per heavy atom. The molecule has 0 bridgehead atoms. The standard InChI is InChI=1S/C15H16BrN3O/c1-2-19(14-8-7-12(17)10-18-14)15(20)9-11-5-3-4-6-13(11)16/h3-8,10H,2,9,17H2,1H3. The van der Waals surface area contributed by atoms with Gasteiger partial charge in [0.15, 0.2) is 0 Å². The number of hydrogen-bond acceptors (Lipinski definition) is 3. The molecule has 2 aromatic rings. The molecule has 0 aliphatic rings. The number of carbonyl (C=O) groups is 1. The summed E-state index contributed by atoms with van der Waals surface area (Å²) < 4.78 is 0.940. The van der Waals surface area contributed by atoms with Crippen LogP contribution in [0.2, 0.25) is 0 Å². The summed E-state index contributed by atoms with van der Waals surface area (Å²) in [6.45, 7) is 2.50. The fraction of sp³-hybridized carbons (Fsp3) is 0.200. The highest BCUT2D eigenvalue weighted by Crippen LogP contribution is 2.19. The van der Waals surface area contributed by atoms with E-state index in [1.54, 1.807) is 23.2 Å². The van der Waals surface area contributed by atoms with Gasteiger partial charge in [-0.3, -0.25) is 9.69 Å². The predicted molar refractivity (Wildman–Crippen MR) is 84.5 cm³/mol. The highest BCUT2D eigenvalue weighted by molar-refractivity contribution is 9.10. The maximum absolute atomic E-state index is 12.4. The van der Waals surface area contributed by atoms with Gasteiger partial charge in [-0.05, 0) is 30.7 Å². The lowest BCUT2D eigenvalue weighted by Gasteiger charge is -2.20. The lowest BCUT2D eigenvalue weighted by Crippen LogP contribution is -2.32. The highest BCUT2D eigenvalue weighted by Gasteiger charge is 2.16. The minimum absolute atomic E-state index is 0.0108. The minimum atomic E-state index is 0.0108. The van der Waals surface area contributed by atoms with Crippen LogP contribution in [0.1, 0.15) is 12.5 Å². The van der Waals surface area contributed by atoms with Crippen molar-refractivity contribution in [2.75, 3.05) is 17.2 Å². The normalized spacial score (nSPS) is 10.3. The second-order valence-electron chi connectivity index (χ2n) is 4.36. The Bertz CT molecular complexity index is 598. The first kappa shape index (κ1) is 14.5. The number of nitrogens with two attached hydrogens (primary N) is 1. The van der Waals surface area contributed by atoms with Crippen molar-refractivity contribution in [3.05, 3.63) is 52.6 Å². The summed E-state index contributed by atoms with van der Waals surface area (Å²) in [5, 5.41) is 0. The number of rotatable bonds is 4. The number of nitrogen functional groups attached to an aromatic ring is 1. The van der Waals surface area contributed by atoms with Crippen LogP contribution in [0.3, 0.4) is 0 Å². The van der Waals surface area contributed by atoms with Crippen LogP contribution in [0.4, 0.5) is 11.5 Å². The van der Waals surface area contributed by atoms with Gasteiger partial charge in [-0.2, -0.15) is 0 Å². The van der Waals surface area contributed by atoms with Crippen LogP contribution in [-0.2, 0) is 11.2 Å². The Morgan fingerprint density at radius 3 is 2.65 bits per heavy atom. The first-order valence-electron chi connectivity index (χ1n) is 6.37. The van der Waals surface area contributed by atoms with E-state index >= 15 is 0 Å². The number of amides is 1. The van der Waals surface area contributed by atoms with Crippen molar-refractivity contribution in [2.45, 2.75) is 13.3 Å². The molecule has 2 rings (SSSR count). The molecule has 1 heterocycles. The van der Waals surface area contributed by atoms with Gasteiger partial charge < -0.3 is 5.73 Å². The van der Waals surface area contributed by atoms with Crippen molar-refractivity contribution in [1.82, 2.24) is 4.98 Å². The zero-order valence-electron chi connectivity index (χ0n) is 11.2. The van der Waals surface area contributed by atoms with E-state index in [2.05, 4.69) is 20.9 Å². The smallest absolute Gasteiger partial charge is 0.232 e. The van der Waals surface area contributed by atoms with Gasteiger partial charge in [0.1, 0.15) is 5.82 Å². The van der Waals surface area contributed by atoms with E-state index in [9.17, 15) is 4.79 Å². The molecular formula is C15H16BrN3O. The van der Waals surface area contributed by atoms with Crippen LogP contribution in [0, 0.1) is 0 Å². The Kier molecular flexibility index (Phi) is 4.74. The van der Waals surface area contributed by atoms with Crippen LogP contribution >= 0.6 is 15.9 Å². The van der Waals surface area contributed by atoms with Gasteiger partial charge in [-0.15, -0.1) is 0 Å². The number of aromatic nitrogens is 1. The molecule has 0 unspecified atom stereocenters. The van der Waals surface area contributed by atoms with Gasteiger partial charge in [-0.25, -0.2) is 4.98 Å². The van der Waals surface area contributed by atoms with Gasteiger partial charge in [0.25, 0.3) is 0 Å². The maximum atomic E-state index is 12.4. The number of halogens is 1. The Balaban J connectivity index is 2.18. The largest absolute Gasteiger partial charge is 0.397 e. The van der Waals surface area contributed by atoms with Crippen molar-refractivity contribution in [1.29, 1.82) is 0 Å². The number of anilines is 2. The summed E-state index contributed by atoms with van der Waals surface area (Å²) in [4.78, 5) is 18.3. The molecule has 0 saturated heterocycles. The molecule has 0 fully saturated rings. The molecule has 0 aliphatic heterocycles. The minimum Gasteiger partial charge on any atom is -0.397 e. The monoisotopic (exact) mass is 333 g/mol. The van der Waals surface area contributed by atoms with E-state index in [-0.39, 0.29) is 5.91 Å². The molecule has 1 aromatic heterocycles. The van der Waals surface area contributed by atoms with E-state index in [1.165, 1.54) is 0 Å². The van der Waals surface area contributed by atoms with E-state index in [0.717, 1.165) is 10.0 Å². The molecule has 1 amide bonds. The topological polar surface area (TPSA) is 59.2 Å². The fourth-order valence-electron chi connectivity index (χ4n) is 1.92. The summed E-state index contributed by atoms with van der Waals surface area (Å²) in [7, 11) is 0. The SMILES string of the molecule is CCN(C(=O)Cc1ccccc1Br)c1ccc(N)cn1. The number of nitrogens with zero attached hydrogens (tertiary/aromatic N) is 2. The number of carbonyl (C=O) groups excluding carboxylic acids is 1. The summed E-state index contributed by atoms with van der Waals surface area (Å²) in [6, 6.07) is 11.2. The van der Waals surface area contributed by atoms with E-state index < -0.39 is 0 Å². The van der Waals surface area contributed by atoms with Gasteiger partial charge in [0.05, 0.1) is 18.3 Å². The molecule has 5 heteroatoms. The summed E-state index contributed by atoms with van der Waals surface area (Å²) >= 11 is 3.46. The van der Waals surface area contributed by atoms with Crippen LogP contribution < -0.4 is 10.6 Å². The Morgan fingerprint density at radius 2 is 2.05 bits per heavy atom. The van der Waals surface area contributed by atoms with Crippen LogP contribution in [0.25, 0.3) is 0 Å². The van der Waals surface area contributed by atoms with Crippen LogP contribution in [0.5, 0.6) is 0 Å². The molecule has 0 saturated carbocycles. The number of pyridine rings is 1. The zero-order valence-corrected chi connectivity index (χ0v) is 12.8.